The maximum Gasteiger partial charge on any atom is 0.0291 e. The Morgan fingerprint density at radius 1 is 1.12 bits per heavy atom. The normalized spacial score (nSPS) is 15.6. The summed E-state index contributed by atoms with van der Waals surface area (Å²) in [5.41, 5.74) is 1.71. The molecule has 96 valence electrons. The van der Waals surface area contributed by atoms with Crippen LogP contribution < -0.4 is 5.32 Å². The number of hydrogen-bond donors (Lipinski definition) is 1. The summed E-state index contributed by atoms with van der Waals surface area (Å²) >= 11 is 3.46. The van der Waals surface area contributed by atoms with E-state index < -0.39 is 0 Å². The topological polar surface area (TPSA) is 12.0 Å². The van der Waals surface area contributed by atoms with E-state index in [-0.39, 0.29) is 0 Å². The van der Waals surface area contributed by atoms with Gasteiger partial charge in [0.05, 0.1) is 0 Å². The second-order valence-corrected chi connectivity index (χ2v) is 6.86. The zero-order chi connectivity index (χ0) is 13.1. The van der Waals surface area contributed by atoms with Crippen molar-refractivity contribution in [2.24, 2.45) is 11.3 Å². The van der Waals surface area contributed by atoms with Gasteiger partial charge in [-0.05, 0) is 42.5 Å². The third-order valence-electron chi connectivity index (χ3n) is 3.58. The van der Waals surface area contributed by atoms with Crippen molar-refractivity contribution in [3.05, 3.63) is 34.3 Å². The van der Waals surface area contributed by atoms with E-state index >= 15 is 0 Å². The molecule has 0 heterocycles. The molecule has 0 aliphatic heterocycles. The van der Waals surface area contributed by atoms with Crippen molar-refractivity contribution >= 4 is 15.9 Å². The van der Waals surface area contributed by atoms with E-state index in [0.717, 1.165) is 11.0 Å². The fourth-order valence-electron chi connectivity index (χ4n) is 1.53. The van der Waals surface area contributed by atoms with Crippen molar-refractivity contribution in [3.63, 3.8) is 0 Å². The molecule has 1 rings (SSSR count). The molecular weight excluding hydrogens is 274 g/mol. The summed E-state index contributed by atoms with van der Waals surface area (Å²) < 4.78 is 1.14. The summed E-state index contributed by atoms with van der Waals surface area (Å²) in [6.45, 7) is 12.5. The summed E-state index contributed by atoms with van der Waals surface area (Å²) in [6.07, 6.45) is 0. The highest BCUT2D eigenvalue weighted by molar-refractivity contribution is 9.10. The molecule has 2 atom stereocenters. The van der Waals surface area contributed by atoms with Crippen LogP contribution in [0.25, 0.3) is 0 Å². The molecule has 1 aromatic carbocycles. The molecule has 1 nitrogen and oxygen atoms in total. The Bertz CT molecular complexity index is 337. The summed E-state index contributed by atoms with van der Waals surface area (Å²) in [5, 5.41) is 3.61. The second-order valence-electron chi connectivity index (χ2n) is 5.95. The van der Waals surface area contributed by atoms with E-state index in [4.69, 9.17) is 0 Å². The third kappa shape index (κ3) is 4.81. The summed E-state index contributed by atoms with van der Waals surface area (Å²) in [6, 6.07) is 8.95. The number of halogens is 1. The summed E-state index contributed by atoms with van der Waals surface area (Å²) in [4.78, 5) is 0. The Balaban J connectivity index is 2.50. The Labute approximate surface area is 114 Å². The van der Waals surface area contributed by atoms with Crippen molar-refractivity contribution in [1.82, 2.24) is 5.32 Å². The van der Waals surface area contributed by atoms with Crippen LogP contribution in [0.2, 0.25) is 0 Å². The molecule has 0 aliphatic carbocycles. The fourth-order valence-corrected chi connectivity index (χ4v) is 1.79. The van der Waals surface area contributed by atoms with Crippen LogP contribution in [0.5, 0.6) is 0 Å². The van der Waals surface area contributed by atoms with Gasteiger partial charge in [-0.2, -0.15) is 0 Å². The molecule has 0 fully saturated rings. The smallest absolute Gasteiger partial charge is 0.0291 e. The van der Waals surface area contributed by atoms with Crippen molar-refractivity contribution in [2.45, 2.75) is 40.7 Å². The maximum atomic E-state index is 3.61. The van der Waals surface area contributed by atoms with Gasteiger partial charge in [0.15, 0.2) is 0 Å². The van der Waals surface area contributed by atoms with E-state index in [2.05, 4.69) is 80.1 Å². The fraction of sp³-hybridized carbons (Fsp3) is 0.600. The van der Waals surface area contributed by atoms with E-state index in [1.54, 1.807) is 0 Å². The van der Waals surface area contributed by atoms with E-state index in [0.29, 0.717) is 17.4 Å². The molecule has 0 saturated carbocycles. The van der Waals surface area contributed by atoms with Crippen molar-refractivity contribution in [2.75, 3.05) is 6.54 Å². The lowest BCUT2D eigenvalue weighted by atomic mass is 9.82. The molecule has 0 amide bonds. The van der Waals surface area contributed by atoms with Gasteiger partial charge in [-0.3, -0.25) is 0 Å². The molecule has 0 bridgehead atoms. The lowest BCUT2D eigenvalue weighted by Crippen LogP contribution is -2.31. The van der Waals surface area contributed by atoms with E-state index in [9.17, 15) is 0 Å². The molecule has 1 aromatic rings. The molecule has 0 spiro atoms. The summed E-state index contributed by atoms with van der Waals surface area (Å²) in [5.74, 6) is 0.667. The van der Waals surface area contributed by atoms with Crippen LogP contribution in [0.3, 0.4) is 0 Å². The lowest BCUT2D eigenvalue weighted by molar-refractivity contribution is 0.247. The largest absolute Gasteiger partial charge is 0.310 e. The Hall–Kier alpha value is -0.340. The zero-order valence-corrected chi connectivity index (χ0v) is 13.1. The van der Waals surface area contributed by atoms with Crippen molar-refractivity contribution in [3.8, 4) is 0 Å². The highest BCUT2D eigenvalue weighted by Gasteiger charge is 2.20. The van der Waals surface area contributed by atoms with Crippen LogP contribution in [-0.4, -0.2) is 6.54 Å². The standard InChI is InChI=1S/C15H24BrN/c1-11(15(3,4)5)10-17-12(2)13-6-8-14(16)9-7-13/h6-9,11-12,17H,10H2,1-5H3. The van der Waals surface area contributed by atoms with Crippen LogP contribution in [0, 0.1) is 11.3 Å². The van der Waals surface area contributed by atoms with Crippen molar-refractivity contribution in [1.29, 1.82) is 0 Å². The molecule has 0 radical (unpaired) electrons. The first kappa shape index (κ1) is 14.7. The van der Waals surface area contributed by atoms with Crippen LogP contribution in [-0.2, 0) is 0 Å². The molecule has 2 heteroatoms. The van der Waals surface area contributed by atoms with Crippen LogP contribution >= 0.6 is 15.9 Å². The van der Waals surface area contributed by atoms with Crippen LogP contribution in [0.15, 0.2) is 28.7 Å². The average Bonchev–Trinajstić information content (AvgIpc) is 2.25. The maximum absolute atomic E-state index is 3.61. The molecule has 1 N–H and O–H groups in total. The highest BCUT2D eigenvalue weighted by Crippen LogP contribution is 2.25. The third-order valence-corrected chi connectivity index (χ3v) is 4.11. The van der Waals surface area contributed by atoms with Gasteiger partial charge in [-0.25, -0.2) is 0 Å². The molecule has 2 unspecified atom stereocenters. The van der Waals surface area contributed by atoms with Crippen LogP contribution in [0.4, 0.5) is 0 Å². The van der Waals surface area contributed by atoms with Gasteiger partial charge < -0.3 is 5.32 Å². The quantitative estimate of drug-likeness (QED) is 0.843. The monoisotopic (exact) mass is 297 g/mol. The van der Waals surface area contributed by atoms with Crippen LogP contribution in [0.1, 0.15) is 46.2 Å². The predicted molar refractivity (Wildman–Crippen MR) is 79.2 cm³/mol. The first-order valence-corrected chi connectivity index (χ1v) is 7.09. The highest BCUT2D eigenvalue weighted by atomic mass is 79.9. The SMILES string of the molecule is CC(NCC(C)C(C)(C)C)c1ccc(Br)cc1. The van der Waals surface area contributed by atoms with Gasteiger partial charge in [0.2, 0.25) is 0 Å². The Morgan fingerprint density at radius 3 is 2.12 bits per heavy atom. The molecule has 0 saturated heterocycles. The lowest BCUT2D eigenvalue weighted by Gasteiger charge is -2.29. The molecule has 0 aliphatic rings. The molecule has 0 aromatic heterocycles. The Morgan fingerprint density at radius 2 is 1.65 bits per heavy atom. The van der Waals surface area contributed by atoms with Gasteiger partial charge in [0, 0.05) is 10.5 Å². The minimum absolute atomic E-state index is 0.367. The first-order valence-electron chi connectivity index (χ1n) is 6.29. The van der Waals surface area contributed by atoms with Gasteiger partial charge in [-0.1, -0.05) is 55.8 Å². The number of hydrogen-bond acceptors (Lipinski definition) is 1. The number of nitrogens with one attached hydrogen (secondary N) is 1. The minimum Gasteiger partial charge on any atom is -0.310 e. The average molecular weight is 298 g/mol. The van der Waals surface area contributed by atoms with Gasteiger partial charge >= 0.3 is 0 Å². The van der Waals surface area contributed by atoms with Crippen molar-refractivity contribution < 1.29 is 0 Å². The molecular formula is C15H24BrN. The van der Waals surface area contributed by atoms with Gasteiger partial charge in [-0.15, -0.1) is 0 Å². The summed E-state index contributed by atoms with van der Waals surface area (Å²) in [7, 11) is 0. The van der Waals surface area contributed by atoms with E-state index in [1.807, 2.05) is 0 Å². The van der Waals surface area contributed by atoms with Gasteiger partial charge in [0.1, 0.15) is 0 Å². The molecule has 17 heavy (non-hydrogen) atoms. The van der Waals surface area contributed by atoms with Gasteiger partial charge in [0.25, 0.3) is 0 Å². The number of rotatable bonds is 4. The Kier molecular flexibility index (Phi) is 5.21. The second kappa shape index (κ2) is 6.01. The predicted octanol–water partition coefficient (Wildman–Crippen LogP) is 4.78. The number of benzene rings is 1. The minimum atomic E-state index is 0.367. The van der Waals surface area contributed by atoms with E-state index in [1.165, 1.54) is 5.56 Å². The first-order chi connectivity index (χ1) is 7.80. The zero-order valence-electron chi connectivity index (χ0n) is 11.5.